The van der Waals surface area contributed by atoms with E-state index in [9.17, 15) is 4.39 Å². The minimum Gasteiger partial charge on any atom is -0.497 e. The quantitative estimate of drug-likeness (QED) is 0.0613. The van der Waals surface area contributed by atoms with Crippen molar-refractivity contribution in [3.63, 3.8) is 0 Å². The average molecular weight is 1380 g/mol. The Morgan fingerprint density at radius 2 is 0.626 bits per heavy atom. The normalized spacial score (nSPS) is 9.57. The minimum atomic E-state index is -0.160. The van der Waals surface area contributed by atoms with Crippen molar-refractivity contribution in [3.05, 3.63) is 310 Å². The molecule has 0 saturated carbocycles. The second-order valence-electron chi connectivity index (χ2n) is 23.1. The Balaban J connectivity index is 0.000000551. The number of hydrogen-bond donors (Lipinski definition) is 2. The number of nitrogen functional groups attached to an aromatic ring is 1. The Labute approximate surface area is 609 Å². The highest BCUT2D eigenvalue weighted by molar-refractivity contribution is 7.98. The second-order valence-corrected chi connectivity index (χ2v) is 24.9. The van der Waals surface area contributed by atoms with Crippen molar-refractivity contribution < 1.29 is 18.6 Å². The van der Waals surface area contributed by atoms with Gasteiger partial charge in [0.15, 0.2) is 0 Å². The molecule has 6 nitrogen and oxygen atoms in total. The molecule has 0 aliphatic rings. The van der Waals surface area contributed by atoms with Crippen LogP contribution in [0.3, 0.4) is 0 Å². The van der Waals surface area contributed by atoms with Crippen LogP contribution in [0, 0.1) is 12.7 Å². The van der Waals surface area contributed by atoms with Gasteiger partial charge in [0.2, 0.25) is 0 Å². The summed E-state index contributed by atoms with van der Waals surface area (Å²) in [4.78, 5) is 4.80. The molecule has 0 fully saturated rings. The van der Waals surface area contributed by atoms with Gasteiger partial charge in [-0.3, -0.25) is 0 Å². The summed E-state index contributed by atoms with van der Waals surface area (Å²) in [5.74, 6) is 2.63. The lowest BCUT2D eigenvalue weighted by Gasteiger charge is -2.12. The molecule has 0 radical (unpaired) electrons. The molecule has 0 saturated heterocycles. The molecule has 10 aromatic rings. The van der Waals surface area contributed by atoms with Crippen LogP contribution in [-0.2, 0) is 57.8 Å². The number of thioether (sulfide) groups is 2. The number of anilines is 3. The molecule has 0 amide bonds. The number of benzene rings is 10. The number of aryl methyl sites for hydroxylation is 10. The van der Waals surface area contributed by atoms with Gasteiger partial charge in [0.25, 0.3) is 0 Å². The van der Waals surface area contributed by atoms with Crippen LogP contribution in [0.2, 0.25) is 0 Å². The Hall–Kier alpha value is -8.37. The van der Waals surface area contributed by atoms with E-state index in [1.54, 1.807) is 57.0 Å². The van der Waals surface area contributed by atoms with Gasteiger partial charge >= 0.3 is 0 Å². The van der Waals surface area contributed by atoms with E-state index in [2.05, 4.69) is 269 Å². The van der Waals surface area contributed by atoms with Crippen LogP contribution in [0.5, 0.6) is 17.2 Å². The lowest BCUT2D eigenvalue weighted by Crippen LogP contribution is -2.08. The molecule has 10 aromatic carbocycles. The Kier molecular flexibility index (Phi) is 51.5. The lowest BCUT2D eigenvalue weighted by molar-refractivity contribution is 0.414. The number of nitrogens with one attached hydrogen (secondary N) is 1. The third-order valence-electron chi connectivity index (χ3n) is 15.4. The second kappa shape index (κ2) is 57.5. The summed E-state index contributed by atoms with van der Waals surface area (Å²) >= 11 is 3.57. The maximum Gasteiger partial charge on any atom is 0.123 e. The van der Waals surface area contributed by atoms with E-state index in [4.69, 9.17) is 19.9 Å². The molecule has 0 spiro atoms. The van der Waals surface area contributed by atoms with Crippen molar-refractivity contribution >= 4 is 40.6 Å². The summed E-state index contributed by atoms with van der Waals surface area (Å²) in [5, 5.41) is 3.10. The molecular weight excluding hydrogens is 1250 g/mol. The Morgan fingerprint density at radius 3 is 0.909 bits per heavy atom. The monoisotopic (exact) mass is 1380 g/mol. The van der Waals surface area contributed by atoms with E-state index in [-0.39, 0.29) is 5.82 Å². The standard InChI is InChI=1S/C11H17N.C10H15N.C10H14O.2C9H12O.C9H12S.C8H9F.C8H11N.C8H10S.C8H10/c1-4-5-10-6-8-11(9-7-10)12(2)3;2*1-3-4-9-5-7-10(11-2)8-6-9;3*1-3-8-4-6-9(10-2)7-5-8;2*1-2-7-3-5-8(9)6-4-7;1-7-3-5-8(9-2)6-4-7;1-2-8-6-4-3-5-7-8/h6-9H,4-5H2,1-3H3;5-8,11H,3-4H2,1-2H3;5-8H,3-4H2,1-2H3;3*4-7H,3H2,1-2H3;3-6H,2H2,1H3;3-6H,2,9H2,1H3;3-6H,1-2H3;3-7H,2H2,1H3. The number of hydrogen-bond acceptors (Lipinski definition) is 8. The minimum absolute atomic E-state index is 0.160. The third-order valence-corrected chi connectivity index (χ3v) is 16.9. The van der Waals surface area contributed by atoms with Crippen molar-refractivity contribution in [3.8, 4) is 17.2 Å². The van der Waals surface area contributed by atoms with E-state index in [0.717, 1.165) is 67.9 Å². The molecule has 0 heterocycles. The summed E-state index contributed by atoms with van der Waals surface area (Å²) in [6.45, 7) is 21.5. The van der Waals surface area contributed by atoms with Crippen molar-refractivity contribution in [2.24, 2.45) is 0 Å². The average Bonchev–Trinajstić information content (AvgIpc) is 2.89. The van der Waals surface area contributed by atoms with Crippen molar-refractivity contribution in [2.75, 3.05) is 70.9 Å². The number of halogens is 1. The number of rotatable bonds is 19. The van der Waals surface area contributed by atoms with Gasteiger partial charge in [0.05, 0.1) is 21.3 Å². The van der Waals surface area contributed by atoms with Crippen LogP contribution in [0.25, 0.3) is 0 Å². The Bertz CT molecular complexity index is 3100. The zero-order valence-corrected chi connectivity index (χ0v) is 65.2. The predicted molar refractivity (Wildman–Crippen MR) is 439 cm³/mol. The highest BCUT2D eigenvalue weighted by atomic mass is 32.2. The Morgan fingerprint density at radius 1 is 0.354 bits per heavy atom. The van der Waals surface area contributed by atoms with Crippen LogP contribution in [0.15, 0.2) is 259 Å². The summed E-state index contributed by atoms with van der Waals surface area (Å²) in [7, 11) is 11.1. The van der Waals surface area contributed by atoms with Gasteiger partial charge in [-0.25, -0.2) is 4.39 Å². The summed E-state index contributed by atoms with van der Waals surface area (Å²) < 4.78 is 27.3. The lowest BCUT2D eigenvalue weighted by atomic mass is 10.1. The molecule has 534 valence electrons. The fraction of sp³-hybridized carbons (Fsp3) is 0.333. The van der Waals surface area contributed by atoms with Crippen LogP contribution >= 0.6 is 23.5 Å². The first-order valence-corrected chi connectivity index (χ1v) is 37.7. The molecule has 0 atom stereocenters. The topological polar surface area (TPSA) is 69.0 Å². The SMILES string of the molecule is CCCc1ccc(N(C)C)cc1.CCCc1ccc(NC)cc1.CCCc1ccc(OC)cc1.CCc1ccc(F)cc1.CCc1ccc(N)cc1.CCc1ccc(OC)cc1.CCc1ccc(OC)cc1.CCc1ccc(SC)cc1.CCc1ccccc1.CSc1ccc(C)cc1. The number of methoxy groups -OCH3 is 3. The molecule has 9 heteroatoms. The van der Waals surface area contributed by atoms with Gasteiger partial charge in [-0.05, 0) is 236 Å². The molecule has 99 heavy (non-hydrogen) atoms. The van der Waals surface area contributed by atoms with Crippen molar-refractivity contribution in [1.29, 1.82) is 0 Å². The van der Waals surface area contributed by atoms with Gasteiger partial charge in [-0.2, -0.15) is 0 Å². The van der Waals surface area contributed by atoms with Gasteiger partial charge in [0.1, 0.15) is 23.1 Å². The first-order chi connectivity index (χ1) is 48.0. The zero-order chi connectivity index (χ0) is 73.3. The largest absolute Gasteiger partial charge is 0.497 e. The first kappa shape index (κ1) is 88.6. The predicted octanol–water partition coefficient (Wildman–Crippen LogP) is 24.7. The highest BCUT2D eigenvalue weighted by Crippen LogP contribution is 2.18. The van der Waals surface area contributed by atoms with Crippen LogP contribution < -0.4 is 30.2 Å². The number of nitrogens with zero attached hydrogens (tertiary/aromatic N) is 1. The maximum absolute atomic E-state index is 12.2. The smallest absolute Gasteiger partial charge is 0.123 e. The van der Waals surface area contributed by atoms with Crippen molar-refractivity contribution in [1.82, 2.24) is 0 Å². The van der Waals surface area contributed by atoms with Crippen LogP contribution in [0.1, 0.15) is 137 Å². The molecule has 0 aliphatic heterocycles. The molecule has 0 bridgehead atoms. The van der Waals surface area contributed by atoms with E-state index >= 15 is 0 Å². The van der Waals surface area contributed by atoms with E-state index in [1.807, 2.05) is 68.6 Å². The summed E-state index contributed by atoms with van der Waals surface area (Å²) in [6, 6.07) is 84.1. The van der Waals surface area contributed by atoms with E-state index < -0.39 is 0 Å². The molecule has 3 N–H and O–H groups in total. The van der Waals surface area contributed by atoms with Gasteiger partial charge in [0, 0.05) is 48.0 Å². The van der Waals surface area contributed by atoms with Crippen LogP contribution in [0.4, 0.5) is 21.5 Å². The maximum atomic E-state index is 12.2. The third kappa shape index (κ3) is 42.9. The molecule has 0 aromatic heterocycles. The fourth-order valence-corrected chi connectivity index (χ4v) is 9.72. The van der Waals surface area contributed by atoms with Gasteiger partial charge < -0.3 is 30.2 Å². The van der Waals surface area contributed by atoms with Crippen molar-refractivity contribution in [2.45, 2.75) is 156 Å². The number of ether oxygens (including phenoxy) is 3. The van der Waals surface area contributed by atoms with E-state index in [1.165, 1.54) is 121 Å². The van der Waals surface area contributed by atoms with Gasteiger partial charge in [-0.15, -0.1) is 23.5 Å². The summed E-state index contributed by atoms with van der Waals surface area (Å²) in [6.07, 6.45) is 17.9. The summed E-state index contributed by atoms with van der Waals surface area (Å²) in [5.41, 5.74) is 22.4. The van der Waals surface area contributed by atoms with Gasteiger partial charge in [-0.1, -0.05) is 227 Å². The first-order valence-electron chi connectivity index (χ1n) is 35.3. The molecule has 10 rings (SSSR count). The molecule has 0 unspecified atom stereocenters. The van der Waals surface area contributed by atoms with Crippen LogP contribution in [-0.4, -0.2) is 55.0 Å². The highest BCUT2D eigenvalue weighted by Gasteiger charge is 1.97. The van der Waals surface area contributed by atoms with E-state index in [0.29, 0.717) is 0 Å². The molecule has 0 aliphatic carbocycles. The number of nitrogens with two attached hydrogens (primary N) is 1. The molecular formula is C90H122FN3O3S2. The fourth-order valence-electron chi connectivity index (χ4n) is 8.90. The zero-order valence-electron chi connectivity index (χ0n) is 63.6.